The summed E-state index contributed by atoms with van der Waals surface area (Å²) in [6.07, 6.45) is 2.79. The summed E-state index contributed by atoms with van der Waals surface area (Å²) in [4.78, 5) is 27.1. The predicted octanol–water partition coefficient (Wildman–Crippen LogP) is 2.99. The molecular weight excluding hydrogens is 280 g/mol. The first-order valence-corrected chi connectivity index (χ1v) is 6.11. The molecular formula is C14H11ClN2O3. The lowest BCUT2D eigenvalue weighted by Crippen LogP contribution is -2.15. The Balaban J connectivity index is 2.33. The van der Waals surface area contributed by atoms with E-state index in [0.29, 0.717) is 0 Å². The highest BCUT2D eigenvalue weighted by Gasteiger charge is 2.15. The van der Waals surface area contributed by atoms with E-state index in [1.807, 2.05) is 0 Å². The quantitative estimate of drug-likeness (QED) is 0.911. The van der Waals surface area contributed by atoms with Crippen LogP contribution in [-0.4, -0.2) is 22.0 Å². The first-order chi connectivity index (χ1) is 9.49. The molecule has 5 nitrogen and oxygen atoms in total. The van der Waals surface area contributed by atoms with E-state index in [4.69, 9.17) is 16.7 Å². The van der Waals surface area contributed by atoms with E-state index in [0.717, 1.165) is 5.56 Å². The number of carbonyl (C=O) groups is 2. The molecule has 102 valence electrons. The first kappa shape index (κ1) is 14.0. The SMILES string of the molecule is Cc1ccc(NC(=O)c2cnccc2Cl)c(C(=O)O)c1. The van der Waals surface area contributed by atoms with Gasteiger partial charge in [-0.25, -0.2) is 4.79 Å². The second-order valence-corrected chi connectivity index (χ2v) is 4.57. The Bertz CT molecular complexity index is 686. The minimum Gasteiger partial charge on any atom is -0.478 e. The number of nitrogens with one attached hydrogen (secondary N) is 1. The normalized spacial score (nSPS) is 10.1. The fourth-order valence-corrected chi connectivity index (χ4v) is 1.87. The number of nitrogens with zero attached hydrogens (tertiary/aromatic N) is 1. The summed E-state index contributed by atoms with van der Waals surface area (Å²) < 4.78 is 0. The highest BCUT2D eigenvalue weighted by Crippen LogP contribution is 2.20. The molecule has 2 rings (SSSR count). The van der Waals surface area contributed by atoms with Crippen molar-refractivity contribution in [3.63, 3.8) is 0 Å². The summed E-state index contributed by atoms with van der Waals surface area (Å²) in [6, 6.07) is 6.24. The number of rotatable bonds is 3. The van der Waals surface area contributed by atoms with E-state index in [1.165, 1.54) is 24.5 Å². The largest absolute Gasteiger partial charge is 0.478 e. The van der Waals surface area contributed by atoms with Crippen LogP contribution < -0.4 is 5.32 Å². The van der Waals surface area contributed by atoms with E-state index in [1.54, 1.807) is 19.1 Å². The van der Waals surface area contributed by atoms with Gasteiger partial charge in [0, 0.05) is 12.4 Å². The van der Waals surface area contributed by atoms with Gasteiger partial charge in [0.05, 0.1) is 21.8 Å². The third-order valence-electron chi connectivity index (χ3n) is 2.67. The van der Waals surface area contributed by atoms with Crippen LogP contribution in [0.1, 0.15) is 26.3 Å². The third kappa shape index (κ3) is 2.95. The van der Waals surface area contributed by atoms with Crippen molar-refractivity contribution in [2.24, 2.45) is 0 Å². The first-order valence-electron chi connectivity index (χ1n) is 5.74. The van der Waals surface area contributed by atoms with E-state index in [-0.39, 0.29) is 21.8 Å². The predicted molar refractivity (Wildman–Crippen MR) is 75.3 cm³/mol. The number of aromatic carboxylic acids is 1. The molecule has 1 aromatic carbocycles. The Morgan fingerprint density at radius 1 is 1.25 bits per heavy atom. The number of hydrogen-bond donors (Lipinski definition) is 2. The van der Waals surface area contributed by atoms with Crippen molar-refractivity contribution < 1.29 is 14.7 Å². The van der Waals surface area contributed by atoms with Crippen molar-refractivity contribution in [1.82, 2.24) is 4.98 Å². The molecule has 0 atom stereocenters. The number of aryl methyl sites for hydroxylation is 1. The standard InChI is InChI=1S/C14H11ClN2O3/c1-8-2-3-12(9(6-8)14(19)20)17-13(18)10-7-16-5-4-11(10)15/h2-7H,1H3,(H,17,18)(H,19,20). The summed E-state index contributed by atoms with van der Waals surface area (Å²) in [5, 5.41) is 11.9. The monoisotopic (exact) mass is 290 g/mol. The Labute approximate surface area is 120 Å². The van der Waals surface area contributed by atoms with Crippen LogP contribution in [0.4, 0.5) is 5.69 Å². The van der Waals surface area contributed by atoms with E-state index >= 15 is 0 Å². The van der Waals surface area contributed by atoms with Gasteiger partial charge in [0.2, 0.25) is 0 Å². The molecule has 0 saturated carbocycles. The molecule has 0 aliphatic carbocycles. The zero-order chi connectivity index (χ0) is 14.7. The number of benzene rings is 1. The summed E-state index contributed by atoms with van der Waals surface area (Å²) in [5.41, 5.74) is 1.22. The van der Waals surface area contributed by atoms with Gasteiger partial charge in [0.1, 0.15) is 0 Å². The van der Waals surface area contributed by atoms with E-state index < -0.39 is 11.9 Å². The molecule has 0 spiro atoms. The molecule has 2 N–H and O–H groups in total. The Hall–Kier alpha value is -2.40. The zero-order valence-corrected chi connectivity index (χ0v) is 11.3. The summed E-state index contributed by atoms with van der Waals surface area (Å²) in [7, 11) is 0. The number of aromatic nitrogens is 1. The van der Waals surface area contributed by atoms with Gasteiger partial charge >= 0.3 is 5.97 Å². The van der Waals surface area contributed by atoms with Crippen LogP contribution in [0.25, 0.3) is 0 Å². The van der Waals surface area contributed by atoms with Crippen LogP contribution in [0.2, 0.25) is 5.02 Å². The van der Waals surface area contributed by atoms with Gasteiger partial charge in [-0.3, -0.25) is 9.78 Å². The average Bonchev–Trinajstić information content (AvgIpc) is 2.41. The summed E-state index contributed by atoms with van der Waals surface area (Å²) >= 11 is 5.90. The number of hydrogen-bond acceptors (Lipinski definition) is 3. The van der Waals surface area contributed by atoms with Crippen molar-refractivity contribution in [2.75, 3.05) is 5.32 Å². The number of carbonyl (C=O) groups excluding carboxylic acids is 1. The molecule has 1 amide bonds. The van der Waals surface area contributed by atoms with Gasteiger partial charge in [-0.2, -0.15) is 0 Å². The second-order valence-electron chi connectivity index (χ2n) is 4.16. The summed E-state index contributed by atoms with van der Waals surface area (Å²) in [6.45, 7) is 1.77. The Morgan fingerprint density at radius 2 is 2.00 bits per heavy atom. The van der Waals surface area contributed by atoms with Crippen LogP contribution in [0.3, 0.4) is 0 Å². The lowest BCUT2D eigenvalue weighted by atomic mass is 10.1. The van der Waals surface area contributed by atoms with E-state index in [9.17, 15) is 9.59 Å². The smallest absolute Gasteiger partial charge is 0.337 e. The van der Waals surface area contributed by atoms with Crippen molar-refractivity contribution >= 4 is 29.2 Å². The minimum absolute atomic E-state index is 0.0263. The van der Waals surface area contributed by atoms with Crippen molar-refractivity contribution in [1.29, 1.82) is 0 Å². The molecule has 20 heavy (non-hydrogen) atoms. The topological polar surface area (TPSA) is 79.3 Å². The molecule has 1 heterocycles. The second kappa shape index (κ2) is 5.71. The minimum atomic E-state index is -1.11. The maximum absolute atomic E-state index is 12.1. The molecule has 0 bridgehead atoms. The van der Waals surface area contributed by atoms with Gasteiger partial charge < -0.3 is 10.4 Å². The van der Waals surface area contributed by atoms with Crippen molar-refractivity contribution in [2.45, 2.75) is 6.92 Å². The number of pyridine rings is 1. The summed E-state index contributed by atoms with van der Waals surface area (Å²) in [5.74, 6) is -1.62. The maximum atomic E-state index is 12.1. The number of amides is 1. The molecule has 0 radical (unpaired) electrons. The average molecular weight is 291 g/mol. The highest BCUT2D eigenvalue weighted by atomic mass is 35.5. The number of halogens is 1. The van der Waals surface area contributed by atoms with Crippen LogP contribution in [0, 0.1) is 6.92 Å². The number of carboxylic acids is 1. The lowest BCUT2D eigenvalue weighted by molar-refractivity contribution is 0.0698. The molecule has 0 saturated heterocycles. The van der Waals surface area contributed by atoms with Crippen molar-refractivity contribution in [3.05, 3.63) is 58.4 Å². The molecule has 2 aromatic rings. The fourth-order valence-electron chi connectivity index (χ4n) is 1.68. The highest BCUT2D eigenvalue weighted by molar-refractivity contribution is 6.34. The third-order valence-corrected chi connectivity index (χ3v) is 3.00. The van der Waals surface area contributed by atoms with E-state index in [2.05, 4.69) is 10.3 Å². The van der Waals surface area contributed by atoms with Crippen LogP contribution in [0.5, 0.6) is 0 Å². The molecule has 1 aromatic heterocycles. The Morgan fingerprint density at radius 3 is 2.65 bits per heavy atom. The van der Waals surface area contributed by atoms with Crippen LogP contribution >= 0.6 is 11.6 Å². The number of anilines is 1. The zero-order valence-electron chi connectivity index (χ0n) is 10.6. The van der Waals surface area contributed by atoms with Crippen molar-refractivity contribution in [3.8, 4) is 0 Å². The molecule has 0 aliphatic heterocycles. The van der Waals surface area contributed by atoms with Gasteiger partial charge in [0.15, 0.2) is 0 Å². The maximum Gasteiger partial charge on any atom is 0.337 e. The Kier molecular flexibility index (Phi) is 4.00. The van der Waals surface area contributed by atoms with Crippen LogP contribution in [-0.2, 0) is 0 Å². The van der Waals surface area contributed by atoms with Gasteiger partial charge in [-0.1, -0.05) is 23.2 Å². The van der Waals surface area contributed by atoms with Gasteiger partial charge in [0.25, 0.3) is 5.91 Å². The molecule has 0 aliphatic rings. The molecule has 0 unspecified atom stereocenters. The van der Waals surface area contributed by atoms with Gasteiger partial charge in [-0.05, 0) is 25.1 Å². The van der Waals surface area contributed by atoms with Crippen LogP contribution in [0.15, 0.2) is 36.7 Å². The molecule has 0 fully saturated rings. The molecule has 6 heteroatoms. The lowest BCUT2D eigenvalue weighted by Gasteiger charge is -2.09. The number of carboxylic acid groups (broad SMARTS) is 1. The van der Waals surface area contributed by atoms with Gasteiger partial charge in [-0.15, -0.1) is 0 Å². The fraction of sp³-hybridized carbons (Fsp3) is 0.0714.